The Morgan fingerprint density at radius 3 is 2.71 bits per heavy atom. The number of rotatable bonds is 3. The van der Waals surface area contributed by atoms with Crippen LogP contribution in [0, 0.1) is 11.3 Å². The monoisotopic (exact) mass is 316 g/mol. The lowest BCUT2D eigenvalue weighted by molar-refractivity contribution is 0.0638. The fourth-order valence-corrected chi connectivity index (χ4v) is 3.80. The van der Waals surface area contributed by atoms with E-state index in [0.29, 0.717) is 17.2 Å². The highest BCUT2D eigenvalue weighted by atomic mass is 16.2. The van der Waals surface area contributed by atoms with Gasteiger partial charge in [-0.05, 0) is 61.4 Å². The number of nitrogens with zero attached hydrogens (tertiary/aromatic N) is 2. The second-order valence-corrected chi connectivity index (χ2v) is 6.74. The van der Waals surface area contributed by atoms with E-state index in [1.54, 1.807) is 18.2 Å². The van der Waals surface area contributed by atoms with Gasteiger partial charge in [-0.2, -0.15) is 5.26 Å². The molecule has 3 heteroatoms. The van der Waals surface area contributed by atoms with E-state index in [2.05, 4.69) is 35.2 Å². The van der Waals surface area contributed by atoms with E-state index in [1.807, 2.05) is 6.07 Å². The first-order chi connectivity index (χ1) is 11.8. The lowest BCUT2D eigenvalue weighted by Crippen LogP contribution is -2.38. The van der Waals surface area contributed by atoms with Gasteiger partial charge in [-0.25, -0.2) is 0 Å². The topological polar surface area (TPSA) is 44.1 Å². The molecule has 0 N–H and O–H groups in total. The molecule has 0 bridgehead atoms. The van der Waals surface area contributed by atoms with Gasteiger partial charge in [-0.15, -0.1) is 0 Å². The average molecular weight is 316 g/mol. The third-order valence-corrected chi connectivity index (χ3v) is 5.09. The minimum Gasteiger partial charge on any atom is -0.329 e. The van der Waals surface area contributed by atoms with Crippen molar-refractivity contribution in [3.05, 3.63) is 70.8 Å². The Morgan fingerprint density at radius 2 is 1.92 bits per heavy atom. The van der Waals surface area contributed by atoms with Crippen LogP contribution in [0.5, 0.6) is 0 Å². The van der Waals surface area contributed by atoms with Crippen LogP contribution < -0.4 is 0 Å². The lowest BCUT2D eigenvalue weighted by Gasteiger charge is -2.36. The van der Waals surface area contributed by atoms with Crippen LogP contribution in [-0.2, 0) is 6.42 Å². The Morgan fingerprint density at radius 1 is 1.08 bits per heavy atom. The van der Waals surface area contributed by atoms with E-state index in [-0.39, 0.29) is 11.9 Å². The lowest BCUT2D eigenvalue weighted by atomic mass is 9.86. The Hall–Kier alpha value is -2.60. The molecule has 1 atom stereocenters. The maximum absolute atomic E-state index is 13.2. The average Bonchev–Trinajstić information content (AvgIpc) is 3.47. The van der Waals surface area contributed by atoms with Gasteiger partial charge < -0.3 is 4.90 Å². The molecule has 1 unspecified atom stereocenters. The molecule has 1 fully saturated rings. The van der Waals surface area contributed by atoms with Crippen molar-refractivity contribution in [1.82, 2.24) is 4.90 Å². The van der Waals surface area contributed by atoms with E-state index in [0.717, 1.165) is 32.1 Å². The van der Waals surface area contributed by atoms with Gasteiger partial charge in [0.05, 0.1) is 17.7 Å². The van der Waals surface area contributed by atoms with Crippen molar-refractivity contribution in [1.29, 1.82) is 5.26 Å². The normalized spacial score (nSPS) is 19.2. The number of carbonyl (C=O) groups is 1. The van der Waals surface area contributed by atoms with E-state index in [4.69, 9.17) is 5.26 Å². The first-order valence-electron chi connectivity index (χ1n) is 8.68. The van der Waals surface area contributed by atoms with Gasteiger partial charge in [0.1, 0.15) is 0 Å². The molecule has 1 saturated carbocycles. The molecule has 1 amide bonds. The summed E-state index contributed by atoms with van der Waals surface area (Å²) >= 11 is 0. The predicted octanol–water partition coefficient (Wildman–Crippen LogP) is 4.24. The molecule has 4 rings (SSSR count). The summed E-state index contributed by atoms with van der Waals surface area (Å²) < 4.78 is 0. The Balaban J connectivity index is 1.71. The standard InChI is InChI=1S/C21H20N2O/c22-14-15-5-3-8-17(13-15)21(24)23(18-11-12-18)20-10-4-7-16-6-1-2-9-19(16)20/h1-3,5-6,8-9,13,18,20H,4,7,10-12H2. The van der Waals surface area contributed by atoms with Crippen molar-refractivity contribution in [2.24, 2.45) is 0 Å². The first-order valence-corrected chi connectivity index (χ1v) is 8.68. The maximum atomic E-state index is 13.2. The van der Waals surface area contributed by atoms with Crippen molar-refractivity contribution in [2.45, 2.75) is 44.2 Å². The number of amides is 1. The molecule has 24 heavy (non-hydrogen) atoms. The first kappa shape index (κ1) is 15.0. The molecule has 0 aromatic heterocycles. The van der Waals surface area contributed by atoms with Crippen LogP contribution in [-0.4, -0.2) is 16.8 Å². The molecule has 2 aromatic carbocycles. The van der Waals surface area contributed by atoms with Crippen LogP contribution in [0.25, 0.3) is 0 Å². The van der Waals surface area contributed by atoms with Gasteiger partial charge in [0.2, 0.25) is 0 Å². The zero-order valence-corrected chi connectivity index (χ0v) is 13.6. The van der Waals surface area contributed by atoms with Gasteiger partial charge in [0.15, 0.2) is 0 Å². The molecule has 0 spiro atoms. The molecular weight excluding hydrogens is 296 g/mol. The van der Waals surface area contributed by atoms with Crippen LogP contribution in [0.2, 0.25) is 0 Å². The van der Waals surface area contributed by atoms with Crippen LogP contribution in [0.15, 0.2) is 48.5 Å². The number of benzene rings is 2. The largest absolute Gasteiger partial charge is 0.329 e. The number of hydrogen-bond donors (Lipinski definition) is 0. The molecule has 0 heterocycles. The summed E-state index contributed by atoms with van der Waals surface area (Å²) in [7, 11) is 0. The summed E-state index contributed by atoms with van der Waals surface area (Å²) in [6, 6.07) is 18.2. The van der Waals surface area contributed by atoms with Crippen LogP contribution in [0.3, 0.4) is 0 Å². The molecule has 3 nitrogen and oxygen atoms in total. The molecule has 0 aliphatic heterocycles. The SMILES string of the molecule is N#Cc1cccc(C(=O)N(C2CC2)C2CCCc3ccccc32)c1. The van der Waals surface area contributed by atoms with Crippen molar-refractivity contribution in [3.8, 4) is 6.07 Å². The van der Waals surface area contributed by atoms with Gasteiger partial charge >= 0.3 is 0 Å². The van der Waals surface area contributed by atoms with Crippen LogP contribution >= 0.6 is 0 Å². The van der Waals surface area contributed by atoms with Gasteiger partial charge in [0.25, 0.3) is 5.91 Å². The highest BCUT2D eigenvalue weighted by Gasteiger charge is 2.39. The predicted molar refractivity (Wildman–Crippen MR) is 92.5 cm³/mol. The van der Waals surface area contributed by atoms with Crippen molar-refractivity contribution >= 4 is 5.91 Å². The number of nitriles is 1. The number of fused-ring (bicyclic) bond motifs is 1. The molecular formula is C21H20N2O. The van der Waals surface area contributed by atoms with E-state index in [9.17, 15) is 4.79 Å². The number of aryl methyl sites for hydroxylation is 1. The number of carbonyl (C=O) groups excluding carboxylic acids is 1. The van der Waals surface area contributed by atoms with Crippen molar-refractivity contribution in [2.75, 3.05) is 0 Å². The second kappa shape index (κ2) is 6.13. The summed E-state index contributed by atoms with van der Waals surface area (Å²) in [5.74, 6) is 0.0660. The molecule has 2 aliphatic carbocycles. The molecule has 2 aliphatic rings. The van der Waals surface area contributed by atoms with E-state index < -0.39 is 0 Å². The van der Waals surface area contributed by atoms with Crippen LogP contribution in [0.4, 0.5) is 0 Å². The van der Waals surface area contributed by atoms with Crippen molar-refractivity contribution < 1.29 is 4.79 Å². The Bertz CT molecular complexity index is 817. The minimum absolute atomic E-state index is 0.0660. The molecule has 2 aromatic rings. The fraction of sp³-hybridized carbons (Fsp3) is 0.333. The molecule has 120 valence electrons. The smallest absolute Gasteiger partial charge is 0.254 e. The summed E-state index contributed by atoms with van der Waals surface area (Å²) in [6.07, 6.45) is 5.42. The highest BCUT2D eigenvalue weighted by molar-refractivity contribution is 5.95. The highest BCUT2D eigenvalue weighted by Crippen LogP contribution is 2.41. The summed E-state index contributed by atoms with van der Waals surface area (Å²) in [6.45, 7) is 0. The van der Waals surface area contributed by atoms with Gasteiger partial charge in [0, 0.05) is 11.6 Å². The van der Waals surface area contributed by atoms with Crippen molar-refractivity contribution in [3.63, 3.8) is 0 Å². The summed E-state index contributed by atoms with van der Waals surface area (Å²) in [5, 5.41) is 9.11. The maximum Gasteiger partial charge on any atom is 0.254 e. The minimum atomic E-state index is 0.0660. The van der Waals surface area contributed by atoms with E-state index >= 15 is 0 Å². The summed E-state index contributed by atoms with van der Waals surface area (Å²) in [4.78, 5) is 15.3. The molecule has 0 saturated heterocycles. The van der Waals surface area contributed by atoms with Crippen LogP contribution in [0.1, 0.15) is 58.8 Å². The molecule has 0 radical (unpaired) electrons. The number of hydrogen-bond acceptors (Lipinski definition) is 2. The Labute approximate surface area is 142 Å². The third kappa shape index (κ3) is 2.69. The zero-order chi connectivity index (χ0) is 16.5. The quantitative estimate of drug-likeness (QED) is 0.850. The second-order valence-electron chi connectivity index (χ2n) is 6.74. The Kier molecular flexibility index (Phi) is 3.82. The third-order valence-electron chi connectivity index (χ3n) is 5.09. The van der Waals surface area contributed by atoms with E-state index in [1.165, 1.54) is 11.1 Å². The zero-order valence-electron chi connectivity index (χ0n) is 13.6. The van der Waals surface area contributed by atoms with Gasteiger partial charge in [-0.3, -0.25) is 4.79 Å². The van der Waals surface area contributed by atoms with Gasteiger partial charge in [-0.1, -0.05) is 30.3 Å². The fourth-order valence-electron chi connectivity index (χ4n) is 3.80. The summed E-state index contributed by atoms with van der Waals surface area (Å²) in [5.41, 5.74) is 3.85.